The highest BCUT2D eigenvalue weighted by molar-refractivity contribution is 6.37. The summed E-state index contributed by atoms with van der Waals surface area (Å²) in [5, 5.41) is 11.0. The van der Waals surface area contributed by atoms with Crippen LogP contribution in [0.2, 0.25) is 0 Å². The van der Waals surface area contributed by atoms with Crippen LogP contribution in [-0.4, -0.2) is 77.6 Å². The highest BCUT2D eigenvalue weighted by Crippen LogP contribution is 2.35. The number of amides is 6. The second kappa shape index (κ2) is 14.6. The van der Waals surface area contributed by atoms with Gasteiger partial charge < -0.3 is 31.9 Å². The fourth-order valence-corrected chi connectivity index (χ4v) is 6.76. The Morgan fingerprint density at radius 3 is 2.11 bits per heavy atom. The van der Waals surface area contributed by atoms with Crippen LogP contribution >= 0.6 is 0 Å². The fourth-order valence-electron chi connectivity index (χ4n) is 6.76. The number of ketones is 1. The molecule has 0 spiro atoms. The van der Waals surface area contributed by atoms with E-state index in [9.17, 15) is 28.8 Å². The van der Waals surface area contributed by atoms with Crippen molar-refractivity contribution in [3.05, 3.63) is 35.4 Å². The molecule has 2 fully saturated rings. The van der Waals surface area contributed by atoms with Gasteiger partial charge in [-0.05, 0) is 66.4 Å². The zero-order valence-corrected chi connectivity index (χ0v) is 27.7. The summed E-state index contributed by atoms with van der Waals surface area (Å²) in [5.74, 6) is -2.89. The number of carbonyl (C=O) groups excluding carboxylic acids is 6. The number of nitrogens with zero attached hydrogens (tertiary/aromatic N) is 1. The first-order valence-electron chi connectivity index (χ1n) is 16.5. The molecule has 0 aromatic heterocycles. The average molecular weight is 639 g/mol. The summed E-state index contributed by atoms with van der Waals surface area (Å²) < 4.78 is 0. The molecule has 1 heterocycles. The van der Waals surface area contributed by atoms with Crippen LogP contribution in [0.15, 0.2) is 24.3 Å². The minimum absolute atomic E-state index is 0.0437. The van der Waals surface area contributed by atoms with Crippen molar-refractivity contribution >= 4 is 35.4 Å². The van der Waals surface area contributed by atoms with Gasteiger partial charge in [-0.25, -0.2) is 4.79 Å². The molecule has 3 aliphatic rings. The van der Waals surface area contributed by atoms with Gasteiger partial charge in [0.25, 0.3) is 5.91 Å². The van der Waals surface area contributed by atoms with Gasteiger partial charge in [-0.2, -0.15) is 0 Å². The molecule has 1 aromatic carbocycles. The SMILES string of the molecule is CC(C)C[C@H]1CCN(C(=O)[C@@H](NC(=O)NCC(=O)NC2Cc3ccccc3C2)C(C)(C)C)[C@@H]1C(=O)NC(CC1CC1)C(=O)C(N)=O. The molecule has 6 amide bonds. The summed E-state index contributed by atoms with van der Waals surface area (Å²) in [7, 11) is 0. The van der Waals surface area contributed by atoms with Crippen LogP contribution in [0.3, 0.4) is 0 Å². The maximum atomic E-state index is 14.1. The first-order valence-corrected chi connectivity index (χ1v) is 16.5. The maximum Gasteiger partial charge on any atom is 0.315 e. The quantitative estimate of drug-likeness (QED) is 0.205. The van der Waals surface area contributed by atoms with Gasteiger partial charge in [0.1, 0.15) is 12.1 Å². The van der Waals surface area contributed by atoms with Gasteiger partial charge in [0, 0.05) is 12.6 Å². The minimum atomic E-state index is -1.10. The number of primary amides is 1. The number of likely N-dealkylation sites (tertiary alicyclic amines) is 1. The molecule has 1 saturated heterocycles. The van der Waals surface area contributed by atoms with Crippen molar-refractivity contribution < 1.29 is 28.8 Å². The van der Waals surface area contributed by atoms with Crippen molar-refractivity contribution in [2.75, 3.05) is 13.1 Å². The van der Waals surface area contributed by atoms with E-state index in [4.69, 9.17) is 5.73 Å². The zero-order valence-electron chi connectivity index (χ0n) is 27.7. The molecule has 1 aliphatic heterocycles. The lowest BCUT2D eigenvalue weighted by molar-refractivity contribution is -0.144. The van der Waals surface area contributed by atoms with Crippen molar-refractivity contribution in [2.24, 2.45) is 28.9 Å². The Kier molecular flexibility index (Phi) is 11.1. The number of nitrogens with two attached hydrogens (primary N) is 1. The molecule has 4 atom stereocenters. The topological polar surface area (TPSA) is 180 Å². The lowest BCUT2D eigenvalue weighted by Crippen LogP contribution is -2.61. The van der Waals surface area contributed by atoms with E-state index in [-0.39, 0.29) is 36.2 Å². The van der Waals surface area contributed by atoms with Crippen LogP contribution in [0.1, 0.15) is 77.8 Å². The first-order chi connectivity index (χ1) is 21.6. The molecule has 12 heteroatoms. The van der Waals surface area contributed by atoms with E-state index < -0.39 is 53.1 Å². The van der Waals surface area contributed by atoms with Gasteiger partial charge in [0.15, 0.2) is 0 Å². The lowest BCUT2D eigenvalue weighted by Gasteiger charge is -2.36. The summed E-state index contributed by atoms with van der Waals surface area (Å²) in [6, 6.07) is 4.39. The Bertz CT molecular complexity index is 1310. The van der Waals surface area contributed by atoms with E-state index in [0.717, 1.165) is 25.7 Å². The third-order valence-electron chi connectivity index (χ3n) is 9.20. The number of Topliss-reactive ketones (excluding diaryl/α,β-unsaturated/α-hetero) is 1. The second-order valence-corrected chi connectivity index (χ2v) is 14.7. The van der Waals surface area contributed by atoms with E-state index in [1.54, 1.807) is 0 Å². The molecule has 4 rings (SSSR count). The number of hydrogen-bond donors (Lipinski definition) is 5. The molecular formula is C34H50N6O6. The van der Waals surface area contributed by atoms with Crippen molar-refractivity contribution in [1.29, 1.82) is 0 Å². The van der Waals surface area contributed by atoms with Crippen LogP contribution in [0, 0.1) is 23.2 Å². The molecule has 1 saturated carbocycles. The number of urea groups is 1. The van der Waals surface area contributed by atoms with Gasteiger partial charge in [-0.15, -0.1) is 0 Å². The van der Waals surface area contributed by atoms with Crippen molar-refractivity contribution in [1.82, 2.24) is 26.2 Å². The van der Waals surface area contributed by atoms with Gasteiger partial charge in [-0.3, -0.25) is 24.0 Å². The van der Waals surface area contributed by atoms with Gasteiger partial charge in [0.2, 0.25) is 23.5 Å². The van der Waals surface area contributed by atoms with Crippen molar-refractivity contribution in [3.8, 4) is 0 Å². The molecule has 46 heavy (non-hydrogen) atoms. The summed E-state index contributed by atoms with van der Waals surface area (Å²) in [6.45, 7) is 9.56. The number of hydrogen-bond acceptors (Lipinski definition) is 6. The van der Waals surface area contributed by atoms with Crippen LogP contribution in [-0.2, 0) is 36.8 Å². The van der Waals surface area contributed by atoms with Crippen molar-refractivity contribution in [3.63, 3.8) is 0 Å². The molecule has 0 radical (unpaired) electrons. The summed E-state index contributed by atoms with van der Waals surface area (Å²) in [6.07, 6.45) is 4.88. The Morgan fingerprint density at radius 1 is 0.935 bits per heavy atom. The highest BCUT2D eigenvalue weighted by atomic mass is 16.2. The number of nitrogens with one attached hydrogen (secondary N) is 4. The zero-order chi connectivity index (χ0) is 33.8. The smallest absolute Gasteiger partial charge is 0.315 e. The van der Waals surface area contributed by atoms with Crippen LogP contribution in [0.4, 0.5) is 4.79 Å². The Hall–Kier alpha value is -3.96. The fraction of sp³-hybridized carbons (Fsp3) is 0.647. The van der Waals surface area contributed by atoms with Gasteiger partial charge in [0.05, 0.1) is 12.6 Å². The normalized spacial score (nSPS) is 20.9. The summed E-state index contributed by atoms with van der Waals surface area (Å²) in [5.41, 5.74) is 6.96. The largest absolute Gasteiger partial charge is 0.363 e. The Balaban J connectivity index is 1.41. The van der Waals surface area contributed by atoms with Crippen LogP contribution in [0.25, 0.3) is 0 Å². The Morgan fingerprint density at radius 2 is 1.57 bits per heavy atom. The number of carbonyl (C=O) groups is 6. The minimum Gasteiger partial charge on any atom is -0.363 e. The van der Waals surface area contributed by atoms with E-state index in [1.807, 2.05) is 58.9 Å². The molecule has 1 aromatic rings. The molecule has 0 bridgehead atoms. The van der Waals surface area contributed by atoms with E-state index in [2.05, 4.69) is 21.3 Å². The molecule has 252 valence electrons. The molecule has 1 unspecified atom stereocenters. The summed E-state index contributed by atoms with van der Waals surface area (Å²) >= 11 is 0. The molecule has 12 nitrogen and oxygen atoms in total. The second-order valence-electron chi connectivity index (χ2n) is 14.7. The molecule has 6 N–H and O–H groups in total. The highest BCUT2D eigenvalue weighted by Gasteiger charge is 2.47. The third-order valence-corrected chi connectivity index (χ3v) is 9.20. The van der Waals surface area contributed by atoms with E-state index in [1.165, 1.54) is 16.0 Å². The van der Waals surface area contributed by atoms with E-state index in [0.29, 0.717) is 25.8 Å². The van der Waals surface area contributed by atoms with E-state index >= 15 is 0 Å². The number of benzene rings is 1. The average Bonchev–Trinajstić information content (AvgIpc) is 3.54. The van der Waals surface area contributed by atoms with Gasteiger partial charge in [-0.1, -0.05) is 71.7 Å². The number of rotatable bonds is 13. The standard InChI is InChI=1S/C34H50N6O6/c1-19(2)14-23-12-13-40(27(23)31(44)38-25(15-20-10-11-20)28(42)30(35)43)32(45)29(34(3,4)5)39-33(46)36-18-26(41)37-24-16-21-8-6-7-9-22(21)17-24/h6-9,19-20,23-25,27,29H,10-18H2,1-5H3,(H2,35,43)(H,37,41)(H,38,44)(H2,36,39,46)/t23-,25?,27+,29-/m1/s1. The molecular weight excluding hydrogens is 588 g/mol. The van der Waals surface area contributed by atoms with Crippen LogP contribution in [0.5, 0.6) is 0 Å². The monoisotopic (exact) mass is 638 g/mol. The lowest BCUT2D eigenvalue weighted by atomic mass is 9.85. The van der Waals surface area contributed by atoms with Gasteiger partial charge >= 0.3 is 6.03 Å². The Labute approximate surface area is 271 Å². The number of fused-ring (bicyclic) bond motifs is 1. The van der Waals surface area contributed by atoms with Crippen molar-refractivity contribution in [2.45, 2.75) is 104 Å². The summed E-state index contributed by atoms with van der Waals surface area (Å²) in [4.78, 5) is 79.5. The third kappa shape index (κ3) is 9.07. The predicted molar refractivity (Wildman–Crippen MR) is 172 cm³/mol. The maximum absolute atomic E-state index is 14.1. The first kappa shape index (κ1) is 34.9. The predicted octanol–water partition coefficient (Wildman–Crippen LogP) is 1.59. The molecule has 2 aliphatic carbocycles. The van der Waals surface area contributed by atoms with Crippen LogP contribution < -0.4 is 27.0 Å².